The Morgan fingerprint density at radius 3 is 1.28 bits per heavy atom. The van der Waals surface area contributed by atoms with Gasteiger partial charge in [-0.05, 0) is 140 Å². The number of hydrogen-bond acceptors (Lipinski definition) is 9. The van der Waals surface area contributed by atoms with Gasteiger partial charge in [0.25, 0.3) is 5.88 Å². The molecule has 0 unspecified atom stereocenters. The molecule has 0 saturated heterocycles. The molecule has 0 fully saturated rings. The summed E-state index contributed by atoms with van der Waals surface area (Å²) in [6.45, 7) is 33.9. The maximum absolute atomic E-state index is 12.7. The average molecular weight is 1020 g/mol. The van der Waals surface area contributed by atoms with E-state index in [1.165, 1.54) is 22.3 Å². The van der Waals surface area contributed by atoms with Crippen LogP contribution in [-0.4, -0.2) is 51.0 Å². The normalized spacial score (nSPS) is 10.9. The van der Waals surface area contributed by atoms with Crippen molar-refractivity contribution >= 4 is 34.1 Å². The molecule has 74 heavy (non-hydrogen) atoms. The van der Waals surface area contributed by atoms with Gasteiger partial charge in [0.15, 0.2) is 11.4 Å². The standard InChI is InChI=1S/C28H25N3.C21H19F3N2O3S.C8H8BNO2.CH4/c1-17-10-18(2)13-22(12-17)27-28(23-14-19(3)11-20(4)15-23)31-26(16-30-27)24-8-7-9-25(29-6)21(24)5;1-12-5-13(2)8-16(7-12)19-20(17-9-14(3)6-15(4)10-17)26-18(11-25-19)29-30(27,28)21(22,23)24;1-6-7(9(11)12)4-3-5-8(6)10-2;/h7-16H,1-5H3;5-11H,1-4H3;3-5,11-12H,1H3;1H4. The third kappa shape index (κ3) is 13.7. The van der Waals surface area contributed by atoms with Gasteiger partial charge in [0.2, 0.25) is 0 Å². The highest BCUT2D eigenvalue weighted by atomic mass is 32.2. The number of benzene rings is 6. The molecule has 8 rings (SSSR count). The van der Waals surface area contributed by atoms with Crippen molar-refractivity contribution in [1.29, 1.82) is 0 Å². The van der Waals surface area contributed by atoms with E-state index in [9.17, 15) is 21.6 Å². The molecule has 0 aliphatic carbocycles. The number of nitrogens with zero attached hydrogens (tertiary/aromatic N) is 6. The molecule has 2 heterocycles. The Kier molecular flexibility index (Phi) is 18.2. The summed E-state index contributed by atoms with van der Waals surface area (Å²) in [6, 6.07) is 34.9. The van der Waals surface area contributed by atoms with Crippen LogP contribution in [0.15, 0.2) is 122 Å². The second-order valence-corrected chi connectivity index (χ2v) is 19.4. The maximum Gasteiger partial charge on any atom is 0.534 e. The molecule has 0 aliphatic rings. The van der Waals surface area contributed by atoms with E-state index >= 15 is 0 Å². The summed E-state index contributed by atoms with van der Waals surface area (Å²) in [5, 5.41) is 17.8. The molecule has 0 saturated carbocycles. The van der Waals surface area contributed by atoms with E-state index in [-0.39, 0.29) is 13.1 Å². The Morgan fingerprint density at radius 1 is 0.527 bits per heavy atom. The molecule has 2 N–H and O–H groups in total. The molecule has 0 amide bonds. The first-order valence-corrected chi connectivity index (χ1v) is 24.2. The maximum atomic E-state index is 12.7. The minimum atomic E-state index is -5.86. The molecule has 0 atom stereocenters. The molecule has 8 aromatic rings. The summed E-state index contributed by atoms with van der Waals surface area (Å²) in [6.07, 6.45) is 2.71. The largest absolute Gasteiger partial charge is 0.534 e. The lowest BCUT2D eigenvalue weighted by atomic mass is 9.77. The van der Waals surface area contributed by atoms with E-state index in [1.54, 1.807) is 37.3 Å². The van der Waals surface area contributed by atoms with E-state index in [0.717, 1.165) is 67.8 Å². The van der Waals surface area contributed by atoms with E-state index in [1.807, 2.05) is 83.3 Å². The topological polar surface area (TPSA) is 144 Å². The second kappa shape index (κ2) is 23.7. The van der Waals surface area contributed by atoms with Crippen LogP contribution in [0, 0.1) is 82.4 Å². The van der Waals surface area contributed by atoms with Crippen LogP contribution in [0.1, 0.15) is 63.1 Å². The molecular weight excluding hydrogens is 961 g/mol. The van der Waals surface area contributed by atoms with E-state index < -0.39 is 28.6 Å². The van der Waals surface area contributed by atoms with Gasteiger partial charge in [-0.3, -0.25) is 4.98 Å². The van der Waals surface area contributed by atoms with Crippen molar-refractivity contribution in [3.8, 4) is 62.2 Å². The SMILES string of the molecule is C.Cc1cc(C)cc(-c2ncc(OS(=O)(=O)C(F)(F)F)nc2-c2cc(C)cc(C)c2)c1.[C-]#[N+]c1cccc(-c2cnc(-c3cc(C)cc(C)c3)c(-c3cc(C)cc(C)c3)n2)c1C.[C-]#[N+]c1cccc(B(O)O)c1C. The van der Waals surface area contributed by atoms with Gasteiger partial charge < -0.3 is 14.2 Å². The van der Waals surface area contributed by atoms with Crippen LogP contribution in [0.2, 0.25) is 0 Å². The van der Waals surface area contributed by atoms with E-state index in [4.69, 9.17) is 33.2 Å². The van der Waals surface area contributed by atoms with Gasteiger partial charge in [-0.25, -0.2) is 24.6 Å². The number of hydrogen-bond donors (Lipinski definition) is 2. The Labute approximate surface area is 432 Å². The minimum Gasteiger partial charge on any atom is -0.423 e. The van der Waals surface area contributed by atoms with E-state index in [2.05, 4.69) is 87.9 Å². The highest BCUT2D eigenvalue weighted by Gasteiger charge is 2.49. The lowest BCUT2D eigenvalue weighted by Crippen LogP contribution is -2.31. The predicted octanol–water partition coefficient (Wildman–Crippen LogP) is 13.7. The second-order valence-electron chi connectivity index (χ2n) is 17.9. The van der Waals surface area contributed by atoms with Gasteiger partial charge in [0, 0.05) is 22.3 Å². The van der Waals surface area contributed by atoms with Crippen LogP contribution in [-0.2, 0) is 10.1 Å². The molecule has 11 nitrogen and oxygen atoms in total. The van der Waals surface area contributed by atoms with Crippen LogP contribution in [0.4, 0.5) is 24.5 Å². The van der Waals surface area contributed by atoms with Crippen LogP contribution in [0.3, 0.4) is 0 Å². The van der Waals surface area contributed by atoms with Crippen molar-refractivity contribution in [2.75, 3.05) is 0 Å². The number of alkyl halides is 3. The third-order valence-electron chi connectivity index (χ3n) is 11.4. The molecule has 6 aromatic carbocycles. The van der Waals surface area contributed by atoms with Gasteiger partial charge in [0.1, 0.15) is 5.69 Å². The fourth-order valence-corrected chi connectivity index (χ4v) is 8.83. The molecule has 16 heteroatoms. The molecule has 0 radical (unpaired) electrons. The third-order valence-corrected chi connectivity index (χ3v) is 12.4. The van der Waals surface area contributed by atoms with Crippen molar-refractivity contribution < 1.29 is 35.8 Å². The first-order chi connectivity index (χ1) is 34.4. The highest BCUT2D eigenvalue weighted by molar-refractivity contribution is 7.88. The van der Waals surface area contributed by atoms with Crippen molar-refractivity contribution in [3.63, 3.8) is 0 Å². The van der Waals surface area contributed by atoms with Gasteiger partial charge >= 0.3 is 22.7 Å². The summed E-state index contributed by atoms with van der Waals surface area (Å²) in [7, 11) is -7.35. The summed E-state index contributed by atoms with van der Waals surface area (Å²) < 4.78 is 65.2. The van der Waals surface area contributed by atoms with Gasteiger partial charge in [-0.1, -0.05) is 113 Å². The minimum absolute atomic E-state index is 0. The first-order valence-electron chi connectivity index (χ1n) is 22.8. The summed E-state index contributed by atoms with van der Waals surface area (Å²) in [5.41, 5.74) is 13.5. The first kappa shape index (κ1) is 56.9. The lowest BCUT2D eigenvalue weighted by molar-refractivity contribution is -0.0501. The van der Waals surface area contributed by atoms with Crippen LogP contribution in [0.25, 0.3) is 66.0 Å². The molecule has 378 valence electrons. The fraction of sp³-hybridized carbons (Fsp3) is 0.207. The molecule has 0 spiro atoms. The zero-order chi connectivity index (χ0) is 53.5. The Bertz CT molecular complexity index is 3510. The van der Waals surface area contributed by atoms with Crippen LogP contribution in [0.5, 0.6) is 5.88 Å². The zero-order valence-electron chi connectivity index (χ0n) is 42.0. The average Bonchev–Trinajstić information content (AvgIpc) is 3.30. The van der Waals surface area contributed by atoms with Gasteiger partial charge in [-0.2, -0.15) is 21.6 Å². The summed E-state index contributed by atoms with van der Waals surface area (Å²) in [4.78, 5) is 25.2. The Hall–Kier alpha value is -8.02. The smallest absolute Gasteiger partial charge is 0.423 e. The predicted molar refractivity (Wildman–Crippen MR) is 290 cm³/mol. The zero-order valence-corrected chi connectivity index (χ0v) is 42.8. The number of halogens is 3. The van der Waals surface area contributed by atoms with Crippen molar-refractivity contribution in [2.24, 2.45) is 0 Å². The quantitative estimate of drug-likeness (QED) is 0.0658. The van der Waals surface area contributed by atoms with Gasteiger partial charge in [0.05, 0.1) is 48.3 Å². The van der Waals surface area contributed by atoms with Crippen molar-refractivity contribution in [2.45, 2.75) is 82.2 Å². The monoisotopic (exact) mass is 1020 g/mol. The van der Waals surface area contributed by atoms with E-state index in [0.29, 0.717) is 39.2 Å². The molecule has 2 aromatic heterocycles. The number of rotatable bonds is 8. The Balaban J connectivity index is 0.000000222. The fourth-order valence-electron chi connectivity index (χ4n) is 8.43. The number of aromatic nitrogens is 4. The summed E-state index contributed by atoms with van der Waals surface area (Å²) >= 11 is 0. The van der Waals surface area contributed by atoms with Crippen molar-refractivity contribution in [3.05, 3.63) is 200 Å². The van der Waals surface area contributed by atoms with Crippen molar-refractivity contribution in [1.82, 2.24) is 19.9 Å². The Morgan fingerprint density at radius 2 is 0.892 bits per heavy atom. The number of aryl methyl sites for hydroxylation is 8. The molecule has 0 bridgehead atoms. The molecular formula is C58H56BF3N6O5S. The lowest BCUT2D eigenvalue weighted by Gasteiger charge is -2.14. The van der Waals surface area contributed by atoms with Crippen LogP contribution >= 0.6 is 0 Å². The van der Waals surface area contributed by atoms with Gasteiger partial charge in [-0.15, -0.1) is 0 Å². The molecule has 0 aliphatic heterocycles. The van der Waals surface area contributed by atoms with Crippen LogP contribution < -0.4 is 9.65 Å². The summed E-state index contributed by atoms with van der Waals surface area (Å²) in [5.74, 6) is -0.755. The highest BCUT2D eigenvalue weighted by Crippen LogP contribution is 2.37.